The molecule has 0 bridgehead atoms. The van der Waals surface area contributed by atoms with Crippen LogP contribution in [0.1, 0.15) is 55.6 Å². The number of hydrogen-bond acceptors (Lipinski definition) is 7. The van der Waals surface area contributed by atoms with Gasteiger partial charge in [0.25, 0.3) is 11.8 Å². The molecular formula is C26H28N2O6S2. The number of carbonyl (C=O) groups excluding carboxylic acids is 2. The number of rotatable bonds is 9. The number of nitrogens with one attached hydrogen (secondary N) is 1. The Balaban J connectivity index is 1.73. The summed E-state index contributed by atoms with van der Waals surface area (Å²) in [7, 11) is 0. The Hall–Kier alpha value is -3.37. The van der Waals surface area contributed by atoms with Crippen molar-refractivity contribution in [2.24, 2.45) is 0 Å². The van der Waals surface area contributed by atoms with Gasteiger partial charge in [-0.3, -0.25) is 19.8 Å². The van der Waals surface area contributed by atoms with E-state index in [1.54, 1.807) is 36.4 Å². The normalized spacial score (nSPS) is 14.8. The Bertz CT molecular complexity index is 1200. The summed E-state index contributed by atoms with van der Waals surface area (Å²) in [5, 5.41) is 9.87. The van der Waals surface area contributed by atoms with E-state index in [1.807, 2.05) is 19.1 Å². The van der Waals surface area contributed by atoms with Gasteiger partial charge < -0.3 is 14.6 Å². The smallest absolute Gasteiger partial charge is 0.306 e. The van der Waals surface area contributed by atoms with Crippen LogP contribution in [0.2, 0.25) is 0 Å². The molecule has 0 atom stereocenters. The van der Waals surface area contributed by atoms with Crippen molar-refractivity contribution in [1.29, 1.82) is 0 Å². The lowest BCUT2D eigenvalue weighted by Gasteiger charge is -2.19. The minimum atomic E-state index is -0.958. The van der Waals surface area contributed by atoms with E-state index in [9.17, 15) is 14.4 Å². The molecule has 1 aliphatic rings. The van der Waals surface area contributed by atoms with Gasteiger partial charge in [0.05, 0.1) is 24.5 Å². The van der Waals surface area contributed by atoms with Crippen molar-refractivity contribution in [3.8, 4) is 11.5 Å². The highest BCUT2D eigenvalue weighted by molar-refractivity contribution is 8.26. The second-order valence-corrected chi connectivity index (χ2v) is 10.6. The number of carboxylic acids is 1. The first-order valence-electron chi connectivity index (χ1n) is 11.3. The van der Waals surface area contributed by atoms with Crippen molar-refractivity contribution in [2.75, 3.05) is 13.2 Å². The monoisotopic (exact) mass is 528 g/mol. The van der Waals surface area contributed by atoms with Crippen LogP contribution < -0.4 is 14.9 Å². The molecule has 10 heteroatoms. The van der Waals surface area contributed by atoms with Gasteiger partial charge >= 0.3 is 5.97 Å². The molecule has 0 saturated carbocycles. The Morgan fingerprint density at radius 1 is 1.11 bits per heavy atom. The molecule has 0 aromatic heterocycles. The fourth-order valence-corrected chi connectivity index (χ4v) is 4.43. The van der Waals surface area contributed by atoms with E-state index in [0.717, 1.165) is 22.3 Å². The highest BCUT2D eigenvalue weighted by Crippen LogP contribution is 2.34. The number of aliphatic carboxylic acids is 1. The first kappa shape index (κ1) is 27.2. The van der Waals surface area contributed by atoms with Crippen LogP contribution in [0.25, 0.3) is 6.08 Å². The Morgan fingerprint density at radius 2 is 1.81 bits per heavy atom. The van der Waals surface area contributed by atoms with Crippen molar-refractivity contribution in [3.05, 3.63) is 64.1 Å². The largest absolute Gasteiger partial charge is 0.490 e. The lowest BCUT2D eigenvalue weighted by atomic mass is 9.87. The number of thiocarbonyl (C=S) groups is 1. The van der Waals surface area contributed by atoms with Crippen LogP contribution in [0, 0.1) is 0 Å². The molecule has 3 rings (SSSR count). The molecule has 0 unspecified atom stereocenters. The number of thioether (sulfide) groups is 1. The van der Waals surface area contributed by atoms with Gasteiger partial charge in [-0.2, -0.15) is 5.01 Å². The topological polar surface area (TPSA) is 105 Å². The summed E-state index contributed by atoms with van der Waals surface area (Å²) in [5.41, 5.74) is 4.73. The molecule has 1 fully saturated rings. The van der Waals surface area contributed by atoms with Crippen molar-refractivity contribution in [3.63, 3.8) is 0 Å². The quantitative estimate of drug-likeness (QED) is 0.354. The maximum atomic E-state index is 13.0. The van der Waals surface area contributed by atoms with Crippen LogP contribution in [-0.2, 0) is 15.0 Å². The number of carbonyl (C=O) groups is 3. The van der Waals surface area contributed by atoms with Gasteiger partial charge in [-0.1, -0.05) is 50.7 Å². The highest BCUT2D eigenvalue weighted by Gasteiger charge is 2.34. The molecule has 2 amide bonds. The zero-order valence-corrected chi connectivity index (χ0v) is 22.1. The Morgan fingerprint density at radius 3 is 2.42 bits per heavy atom. The molecule has 190 valence electrons. The van der Waals surface area contributed by atoms with E-state index in [1.165, 1.54) is 0 Å². The van der Waals surface area contributed by atoms with Crippen molar-refractivity contribution in [2.45, 2.75) is 39.5 Å². The summed E-state index contributed by atoms with van der Waals surface area (Å²) in [5.74, 6) is -0.994. The number of amides is 2. The minimum Gasteiger partial charge on any atom is -0.490 e. The van der Waals surface area contributed by atoms with E-state index < -0.39 is 17.8 Å². The van der Waals surface area contributed by atoms with Crippen LogP contribution >= 0.6 is 24.0 Å². The average Bonchev–Trinajstić information content (AvgIpc) is 3.07. The van der Waals surface area contributed by atoms with Gasteiger partial charge in [0.1, 0.15) is 0 Å². The summed E-state index contributed by atoms with van der Waals surface area (Å²) in [6.45, 7) is 8.47. The van der Waals surface area contributed by atoms with E-state index in [0.29, 0.717) is 34.1 Å². The van der Waals surface area contributed by atoms with Gasteiger partial charge in [0.15, 0.2) is 15.8 Å². The second-order valence-electron chi connectivity index (χ2n) is 8.92. The number of hydrogen-bond donors (Lipinski definition) is 2. The summed E-state index contributed by atoms with van der Waals surface area (Å²) in [6, 6.07) is 12.3. The van der Waals surface area contributed by atoms with E-state index in [4.69, 9.17) is 26.8 Å². The molecule has 2 aromatic rings. The zero-order chi connectivity index (χ0) is 26.5. The fraction of sp³-hybridized carbons (Fsp3) is 0.308. The van der Waals surface area contributed by atoms with Crippen molar-refractivity contribution in [1.82, 2.24) is 10.4 Å². The summed E-state index contributed by atoms with van der Waals surface area (Å²) in [4.78, 5) is 36.8. The SMILES string of the molecule is CCOc1cc(/C=C2/SC(=S)N(NC(=O)c3ccc(C(C)(C)C)cc3)C2=O)ccc1OCCC(=O)O. The third-order valence-electron chi connectivity index (χ3n) is 5.16. The maximum Gasteiger partial charge on any atom is 0.306 e. The predicted octanol–water partition coefficient (Wildman–Crippen LogP) is 4.78. The predicted molar refractivity (Wildman–Crippen MR) is 143 cm³/mol. The number of carboxylic acid groups (broad SMARTS) is 1. The molecule has 0 spiro atoms. The standard InChI is InChI=1S/C26H28N2O6S2/c1-5-33-20-14-16(6-11-19(20)34-13-12-22(29)30)15-21-24(32)28(25(35)36-21)27-23(31)17-7-9-18(10-8-17)26(2,3)4/h6-11,14-15H,5,12-13H2,1-4H3,(H,27,31)(H,29,30)/b21-15+. The van der Waals surface area contributed by atoms with Crippen LogP contribution in [0.3, 0.4) is 0 Å². The van der Waals surface area contributed by atoms with Gasteiger partial charge in [-0.25, -0.2) is 0 Å². The Kier molecular flexibility index (Phi) is 8.75. The van der Waals surface area contributed by atoms with Crippen LogP contribution in [0.15, 0.2) is 47.4 Å². The lowest BCUT2D eigenvalue weighted by Crippen LogP contribution is -2.44. The van der Waals surface area contributed by atoms with Gasteiger partial charge in [-0.05, 0) is 66.0 Å². The summed E-state index contributed by atoms with van der Waals surface area (Å²) >= 11 is 6.40. The summed E-state index contributed by atoms with van der Waals surface area (Å²) in [6.07, 6.45) is 1.51. The molecule has 1 heterocycles. The molecule has 0 aliphatic carbocycles. The maximum absolute atomic E-state index is 13.0. The number of nitrogens with zero attached hydrogens (tertiary/aromatic N) is 1. The van der Waals surface area contributed by atoms with E-state index in [2.05, 4.69) is 26.2 Å². The van der Waals surface area contributed by atoms with Crippen molar-refractivity contribution < 1.29 is 29.0 Å². The molecule has 8 nitrogen and oxygen atoms in total. The second kappa shape index (κ2) is 11.6. The first-order valence-corrected chi connectivity index (χ1v) is 12.5. The average molecular weight is 529 g/mol. The molecule has 36 heavy (non-hydrogen) atoms. The molecule has 1 aliphatic heterocycles. The molecule has 1 saturated heterocycles. The highest BCUT2D eigenvalue weighted by atomic mass is 32.2. The molecule has 2 aromatic carbocycles. The molecule has 2 N–H and O–H groups in total. The van der Waals surface area contributed by atoms with Gasteiger partial charge in [-0.15, -0.1) is 0 Å². The van der Waals surface area contributed by atoms with E-state index in [-0.39, 0.29) is 22.8 Å². The third kappa shape index (κ3) is 6.86. The van der Waals surface area contributed by atoms with Crippen molar-refractivity contribution >= 4 is 52.2 Å². The summed E-state index contributed by atoms with van der Waals surface area (Å²) < 4.78 is 11.3. The molecule has 0 radical (unpaired) electrons. The Labute approximate surface area is 219 Å². The number of benzene rings is 2. The lowest BCUT2D eigenvalue weighted by molar-refractivity contribution is -0.137. The van der Waals surface area contributed by atoms with Crippen LogP contribution in [-0.4, -0.2) is 45.4 Å². The first-order chi connectivity index (χ1) is 17.0. The molecular weight excluding hydrogens is 500 g/mol. The van der Waals surface area contributed by atoms with Gasteiger partial charge in [0.2, 0.25) is 0 Å². The van der Waals surface area contributed by atoms with Crippen LogP contribution in [0.4, 0.5) is 0 Å². The fourth-order valence-electron chi connectivity index (χ4n) is 3.25. The number of hydrazine groups is 1. The van der Waals surface area contributed by atoms with Gasteiger partial charge in [0, 0.05) is 5.56 Å². The minimum absolute atomic E-state index is 0.00599. The third-order valence-corrected chi connectivity index (χ3v) is 6.46. The van der Waals surface area contributed by atoms with Crippen LogP contribution in [0.5, 0.6) is 11.5 Å². The number of ether oxygens (including phenoxy) is 2. The zero-order valence-electron chi connectivity index (χ0n) is 20.5. The van der Waals surface area contributed by atoms with E-state index >= 15 is 0 Å².